The van der Waals surface area contributed by atoms with E-state index in [0.717, 1.165) is 10.0 Å². The first-order valence-electron chi connectivity index (χ1n) is 4.51. The van der Waals surface area contributed by atoms with Crippen LogP contribution in [-0.4, -0.2) is 24.4 Å². The lowest BCUT2D eigenvalue weighted by molar-refractivity contribution is 0.0812. The van der Waals surface area contributed by atoms with Gasteiger partial charge < -0.3 is 4.90 Å². The number of nitrogens with zero attached hydrogens (tertiary/aromatic N) is 1. The molecule has 1 amide bonds. The van der Waals surface area contributed by atoms with Gasteiger partial charge in [-0.15, -0.1) is 6.42 Å². The van der Waals surface area contributed by atoms with Gasteiger partial charge >= 0.3 is 0 Å². The molecule has 0 bridgehead atoms. The molecule has 1 rings (SSSR count). The highest BCUT2D eigenvalue weighted by atomic mass is 79.9. The van der Waals surface area contributed by atoms with Crippen molar-refractivity contribution in [2.24, 2.45) is 0 Å². The molecule has 1 aromatic rings. The Labute approximate surface area is 98.4 Å². The van der Waals surface area contributed by atoms with Crippen molar-refractivity contribution in [3.63, 3.8) is 0 Å². The Morgan fingerprint density at radius 2 is 2.27 bits per heavy atom. The zero-order valence-electron chi connectivity index (χ0n) is 8.75. The first-order chi connectivity index (χ1) is 7.06. The van der Waals surface area contributed by atoms with Crippen LogP contribution in [0.3, 0.4) is 0 Å². The van der Waals surface area contributed by atoms with Gasteiger partial charge in [0.15, 0.2) is 0 Å². The highest BCUT2D eigenvalue weighted by molar-refractivity contribution is 9.10. The smallest absolute Gasteiger partial charge is 0.254 e. The summed E-state index contributed by atoms with van der Waals surface area (Å²) in [5.74, 6) is 2.40. The van der Waals surface area contributed by atoms with Crippen molar-refractivity contribution in [2.45, 2.75) is 6.92 Å². The van der Waals surface area contributed by atoms with Crippen molar-refractivity contribution in [3.8, 4) is 12.3 Å². The predicted octanol–water partition coefficient (Wildman–Crippen LogP) is 2.46. The van der Waals surface area contributed by atoms with Gasteiger partial charge in [0.25, 0.3) is 5.91 Å². The Morgan fingerprint density at radius 3 is 2.87 bits per heavy atom. The summed E-state index contributed by atoms with van der Waals surface area (Å²) in [6.45, 7) is 2.23. The van der Waals surface area contributed by atoms with Crippen molar-refractivity contribution in [2.75, 3.05) is 13.6 Å². The standard InChI is InChI=1S/C12H12BrNO/c1-4-7-14(3)12(15)11-8-10(13)6-5-9(11)2/h1,5-6,8H,7H2,2-3H3. The lowest BCUT2D eigenvalue weighted by Crippen LogP contribution is -2.27. The van der Waals surface area contributed by atoms with Crippen LogP contribution in [0.15, 0.2) is 22.7 Å². The van der Waals surface area contributed by atoms with Crippen LogP contribution in [-0.2, 0) is 0 Å². The summed E-state index contributed by atoms with van der Waals surface area (Å²) in [6.07, 6.45) is 5.16. The Hall–Kier alpha value is -1.27. The van der Waals surface area contributed by atoms with Crippen LogP contribution in [0.25, 0.3) is 0 Å². The highest BCUT2D eigenvalue weighted by Gasteiger charge is 2.13. The molecule has 0 aliphatic carbocycles. The largest absolute Gasteiger partial charge is 0.331 e. The average Bonchev–Trinajstić information content (AvgIpc) is 2.21. The minimum atomic E-state index is -0.0493. The Morgan fingerprint density at radius 1 is 1.60 bits per heavy atom. The molecule has 0 aliphatic heterocycles. The maximum absolute atomic E-state index is 11.9. The molecule has 2 nitrogen and oxygen atoms in total. The van der Waals surface area contributed by atoms with Crippen LogP contribution in [0.5, 0.6) is 0 Å². The number of amides is 1. The molecule has 0 fully saturated rings. The molecule has 15 heavy (non-hydrogen) atoms. The zero-order valence-corrected chi connectivity index (χ0v) is 10.3. The average molecular weight is 266 g/mol. The van der Waals surface area contributed by atoms with Gasteiger partial charge in [0.2, 0.25) is 0 Å². The van der Waals surface area contributed by atoms with E-state index < -0.39 is 0 Å². The second-order valence-corrected chi connectivity index (χ2v) is 4.24. The quantitative estimate of drug-likeness (QED) is 0.753. The van der Waals surface area contributed by atoms with Gasteiger partial charge in [0.1, 0.15) is 0 Å². The number of rotatable bonds is 2. The minimum Gasteiger partial charge on any atom is -0.331 e. The lowest BCUT2D eigenvalue weighted by Gasteiger charge is -2.15. The van der Waals surface area contributed by atoms with E-state index in [1.165, 1.54) is 4.90 Å². The van der Waals surface area contributed by atoms with Crippen LogP contribution < -0.4 is 0 Å². The number of terminal acetylenes is 1. The Bertz CT molecular complexity index is 420. The third-order valence-electron chi connectivity index (χ3n) is 2.11. The maximum atomic E-state index is 11.9. The zero-order chi connectivity index (χ0) is 11.4. The van der Waals surface area contributed by atoms with Crippen molar-refractivity contribution in [3.05, 3.63) is 33.8 Å². The molecule has 1 aromatic carbocycles. The fourth-order valence-electron chi connectivity index (χ4n) is 1.24. The third-order valence-corrected chi connectivity index (χ3v) is 2.60. The number of aryl methyl sites for hydroxylation is 1. The first kappa shape index (κ1) is 11.8. The Kier molecular flexibility index (Phi) is 3.93. The summed E-state index contributed by atoms with van der Waals surface area (Å²) in [4.78, 5) is 13.4. The summed E-state index contributed by atoms with van der Waals surface area (Å²) in [5.41, 5.74) is 1.63. The summed E-state index contributed by atoms with van der Waals surface area (Å²) in [7, 11) is 1.70. The topological polar surface area (TPSA) is 20.3 Å². The molecule has 0 atom stereocenters. The highest BCUT2D eigenvalue weighted by Crippen LogP contribution is 2.17. The van der Waals surface area contributed by atoms with E-state index in [-0.39, 0.29) is 5.91 Å². The molecule has 0 radical (unpaired) electrons. The van der Waals surface area contributed by atoms with Gasteiger partial charge in [0.05, 0.1) is 6.54 Å². The molecular formula is C12H12BrNO. The second-order valence-electron chi connectivity index (χ2n) is 3.32. The van der Waals surface area contributed by atoms with Crippen molar-refractivity contribution in [1.82, 2.24) is 4.90 Å². The molecule has 0 aromatic heterocycles. The van der Waals surface area contributed by atoms with Crippen molar-refractivity contribution < 1.29 is 4.79 Å². The molecule has 0 unspecified atom stereocenters. The summed E-state index contributed by atoms with van der Waals surface area (Å²) >= 11 is 3.34. The Balaban J connectivity index is 3.01. The molecule has 3 heteroatoms. The molecule has 0 spiro atoms. The number of halogens is 1. The van der Waals surface area contributed by atoms with Gasteiger partial charge in [0, 0.05) is 17.1 Å². The van der Waals surface area contributed by atoms with Crippen molar-refractivity contribution in [1.29, 1.82) is 0 Å². The number of benzene rings is 1. The van der Waals surface area contributed by atoms with Crippen LogP contribution in [0, 0.1) is 19.3 Å². The fraction of sp³-hybridized carbons (Fsp3) is 0.250. The summed E-state index contributed by atoms with van der Waals surface area (Å²) in [6, 6.07) is 5.62. The maximum Gasteiger partial charge on any atom is 0.254 e. The van der Waals surface area contributed by atoms with E-state index >= 15 is 0 Å². The van der Waals surface area contributed by atoms with E-state index in [9.17, 15) is 4.79 Å². The van der Waals surface area contributed by atoms with Crippen LogP contribution >= 0.6 is 15.9 Å². The van der Waals surface area contributed by atoms with Gasteiger partial charge in [-0.25, -0.2) is 0 Å². The summed E-state index contributed by atoms with van der Waals surface area (Å²) < 4.78 is 0.894. The predicted molar refractivity (Wildman–Crippen MR) is 64.7 cm³/mol. The number of hydrogen-bond acceptors (Lipinski definition) is 1. The second kappa shape index (κ2) is 4.99. The number of carbonyl (C=O) groups excluding carboxylic acids is 1. The van der Waals surface area contributed by atoms with E-state index in [1.54, 1.807) is 7.05 Å². The molecular weight excluding hydrogens is 254 g/mol. The molecule has 0 saturated heterocycles. The monoisotopic (exact) mass is 265 g/mol. The summed E-state index contributed by atoms with van der Waals surface area (Å²) in [5, 5.41) is 0. The van der Waals surface area contributed by atoms with E-state index in [0.29, 0.717) is 12.1 Å². The molecule has 0 heterocycles. The third kappa shape index (κ3) is 2.84. The normalized spacial score (nSPS) is 9.47. The fourth-order valence-corrected chi connectivity index (χ4v) is 1.60. The lowest BCUT2D eigenvalue weighted by atomic mass is 10.1. The molecule has 0 saturated carbocycles. The van der Waals surface area contributed by atoms with Crippen molar-refractivity contribution >= 4 is 21.8 Å². The van der Waals surface area contributed by atoms with Crippen LogP contribution in [0.4, 0.5) is 0 Å². The molecule has 78 valence electrons. The van der Waals surface area contributed by atoms with E-state index in [2.05, 4.69) is 21.9 Å². The van der Waals surface area contributed by atoms with E-state index in [1.807, 2.05) is 25.1 Å². The SMILES string of the molecule is C#CCN(C)C(=O)c1cc(Br)ccc1C. The van der Waals surface area contributed by atoms with E-state index in [4.69, 9.17) is 6.42 Å². The van der Waals surface area contributed by atoms with Crippen LogP contribution in [0.1, 0.15) is 15.9 Å². The van der Waals surface area contributed by atoms with Gasteiger partial charge in [-0.05, 0) is 24.6 Å². The minimum absolute atomic E-state index is 0.0493. The van der Waals surface area contributed by atoms with Crippen LogP contribution in [0.2, 0.25) is 0 Å². The van der Waals surface area contributed by atoms with Gasteiger partial charge in [-0.1, -0.05) is 27.9 Å². The number of carbonyl (C=O) groups is 1. The molecule has 0 aliphatic rings. The first-order valence-corrected chi connectivity index (χ1v) is 5.30. The van der Waals surface area contributed by atoms with Gasteiger partial charge in [-0.3, -0.25) is 4.79 Å². The number of hydrogen-bond donors (Lipinski definition) is 0. The van der Waals surface area contributed by atoms with Gasteiger partial charge in [-0.2, -0.15) is 0 Å². The molecule has 0 N–H and O–H groups in total.